The summed E-state index contributed by atoms with van der Waals surface area (Å²) in [5, 5.41) is 11.6. The Labute approximate surface area is 106 Å². The Kier molecular flexibility index (Phi) is 4.15. The zero-order valence-electron chi connectivity index (χ0n) is 11.0. The summed E-state index contributed by atoms with van der Waals surface area (Å²) in [6.45, 7) is 4.31. The molecule has 1 aliphatic heterocycles. The van der Waals surface area contributed by atoms with E-state index in [1.807, 2.05) is 0 Å². The van der Waals surface area contributed by atoms with Gasteiger partial charge in [0.1, 0.15) is 5.41 Å². The first-order chi connectivity index (χ1) is 8.30. The van der Waals surface area contributed by atoms with Crippen LogP contribution in [-0.4, -0.2) is 59.3 Å². The molecule has 18 heavy (non-hydrogen) atoms. The minimum absolute atomic E-state index is 0.0392. The van der Waals surface area contributed by atoms with Crippen LogP contribution in [0.1, 0.15) is 20.3 Å². The fourth-order valence-electron chi connectivity index (χ4n) is 1.79. The highest BCUT2D eigenvalue weighted by Gasteiger charge is 2.37. The van der Waals surface area contributed by atoms with Crippen molar-refractivity contribution in [2.24, 2.45) is 16.3 Å². The molecule has 0 unspecified atom stereocenters. The van der Waals surface area contributed by atoms with E-state index in [-0.39, 0.29) is 24.2 Å². The Bertz CT molecular complexity index is 378. The van der Waals surface area contributed by atoms with E-state index in [0.717, 1.165) is 6.42 Å². The lowest BCUT2D eigenvalue weighted by Gasteiger charge is -2.29. The number of amidine groups is 1. The molecule has 0 radical (unpaired) electrons. The normalized spacial score (nSPS) is 18.8. The van der Waals surface area contributed by atoms with Crippen LogP contribution in [-0.2, 0) is 9.59 Å². The molecule has 1 saturated heterocycles. The molecule has 7 heteroatoms. The summed E-state index contributed by atoms with van der Waals surface area (Å²) >= 11 is 0. The maximum Gasteiger partial charge on any atom is 0.241 e. The maximum atomic E-state index is 12.3. The molecule has 1 fully saturated rings. The number of oxime groups is 1. The standard InChI is InChI=1S/C11H20N4O3/c1-11(2,9(12)13-18)10(17)15-6-4-5-14(3)8(16)7-15/h18H,4-7H2,1-3H3,(H2,12,13). The largest absolute Gasteiger partial charge is 0.409 e. The van der Waals surface area contributed by atoms with Gasteiger partial charge < -0.3 is 20.7 Å². The van der Waals surface area contributed by atoms with Gasteiger partial charge in [-0.05, 0) is 20.3 Å². The molecule has 0 aromatic heterocycles. The molecule has 0 aliphatic carbocycles. The summed E-state index contributed by atoms with van der Waals surface area (Å²) in [4.78, 5) is 27.1. The lowest BCUT2D eigenvalue weighted by atomic mass is 9.90. The van der Waals surface area contributed by atoms with Crippen LogP contribution in [0.15, 0.2) is 5.16 Å². The molecule has 0 aromatic carbocycles. The molecule has 3 N–H and O–H groups in total. The van der Waals surface area contributed by atoms with Crippen LogP contribution in [0, 0.1) is 5.41 Å². The molecule has 0 saturated carbocycles. The molecule has 0 atom stereocenters. The van der Waals surface area contributed by atoms with Gasteiger partial charge in [-0.2, -0.15) is 0 Å². The maximum absolute atomic E-state index is 12.3. The average Bonchev–Trinajstić information content (AvgIpc) is 2.50. The molecule has 2 amide bonds. The van der Waals surface area contributed by atoms with E-state index in [2.05, 4.69) is 5.16 Å². The number of amides is 2. The van der Waals surface area contributed by atoms with E-state index >= 15 is 0 Å². The van der Waals surface area contributed by atoms with Gasteiger partial charge >= 0.3 is 0 Å². The molecular formula is C11H20N4O3. The number of rotatable bonds is 2. The fourth-order valence-corrected chi connectivity index (χ4v) is 1.79. The van der Waals surface area contributed by atoms with Gasteiger partial charge in [0.25, 0.3) is 0 Å². The van der Waals surface area contributed by atoms with Crippen molar-refractivity contribution in [3.63, 3.8) is 0 Å². The fraction of sp³-hybridized carbons (Fsp3) is 0.727. The van der Waals surface area contributed by atoms with Crippen molar-refractivity contribution in [2.45, 2.75) is 20.3 Å². The van der Waals surface area contributed by atoms with Gasteiger partial charge in [-0.25, -0.2) is 0 Å². The highest BCUT2D eigenvalue weighted by molar-refractivity contribution is 6.06. The quantitative estimate of drug-likeness (QED) is 0.300. The third-order valence-electron chi connectivity index (χ3n) is 3.24. The highest BCUT2D eigenvalue weighted by atomic mass is 16.4. The number of hydrogen-bond acceptors (Lipinski definition) is 4. The SMILES string of the molecule is CN1CCCN(C(=O)C(C)(C)C(N)=NO)CC1=O. The molecule has 1 rings (SSSR count). The van der Waals surface area contributed by atoms with Crippen LogP contribution in [0.4, 0.5) is 0 Å². The third kappa shape index (κ3) is 2.72. The Morgan fingerprint density at radius 1 is 1.44 bits per heavy atom. The number of carbonyl (C=O) groups is 2. The summed E-state index contributed by atoms with van der Waals surface area (Å²) in [7, 11) is 1.71. The summed E-state index contributed by atoms with van der Waals surface area (Å²) in [5.41, 5.74) is 4.40. The zero-order chi connectivity index (χ0) is 13.9. The average molecular weight is 256 g/mol. The van der Waals surface area contributed by atoms with Crippen molar-refractivity contribution in [3.8, 4) is 0 Å². The van der Waals surface area contributed by atoms with E-state index in [0.29, 0.717) is 13.1 Å². The Morgan fingerprint density at radius 3 is 2.61 bits per heavy atom. The molecule has 1 aliphatic rings. The van der Waals surface area contributed by atoms with Gasteiger partial charge in [-0.1, -0.05) is 5.16 Å². The van der Waals surface area contributed by atoms with E-state index < -0.39 is 5.41 Å². The van der Waals surface area contributed by atoms with Gasteiger partial charge in [-0.15, -0.1) is 0 Å². The monoisotopic (exact) mass is 256 g/mol. The van der Waals surface area contributed by atoms with Crippen molar-refractivity contribution in [1.29, 1.82) is 0 Å². The van der Waals surface area contributed by atoms with Crippen LogP contribution in [0.3, 0.4) is 0 Å². The number of likely N-dealkylation sites (N-methyl/N-ethyl adjacent to an activating group) is 1. The van der Waals surface area contributed by atoms with Gasteiger partial charge in [0.2, 0.25) is 11.8 Å². The Balaban J connectivity index is 2.87. The van der Waals surface area contributed by atoms with Gasteiger partial charge in [-0.3, -0.25) is 9.59 Å². The first-order valence-corrected chi connectivity index (χ1v) is 5.82. The van der Waals surface area contributed by atoms with E-state index in [9.17, 15) is 9.59 Å². The van der Waals surface area contributed by atoms with Gasteiger partial charge in [0.15, 0.2) is 5.84 Å². The van der Waals surface area contributed by atoms with Crippen LogP contribution in [0.5, 0.6) is 0 Å². The number of nitrogens with two attached hydrogens (primary N) is 1. The minimum atomic E-state index is -1.11. The van der Waals surface area contributed by atoms with Crippen molar-refractivity contribution in [2.75, 3.05) is 26.7 Å². The first-order valence-electron chi connectivity index (χ1n) is 5.82. The molecule has 7 nitrogen and oxygen atoms in total. The van der Waals surface area contributed by atoms with E-state index in [1.165, 1.54) is 4.90 Å². The van der Waals surface area contributed by atoms with Gasteiger partial charge in [0, 0.05) is 20.1 Å². The molecule has 0 spiro atoms. The summed E-state index contributed by atoms with van der Waals surface area (Å²) < 4.78 is 0. The van der Waals surface area contributed by atoms with Crippen LogP contribution < -0.4 is 5.73 Å². The third-order valence-corrected chi connectivity index (χ3v) is 3.24. The smallest absolute Gasteiger partial charge is 0.241 e. The molecule has 0 aromatic rings. The predicted octanol–water partition coefficient (Wildman–Crippen LogP) is -0.550. The molecule has 0 bridgehead atoms. The Morgan fingerprint density at radius 2 is 2.06 bits per heavy atom. The van der Waals surface area contributed by atoms with Crippen LogP contribution in [0.2, 0.25) is 0 Å². The lowest BCUT2D eigenvalue weighted by molar-refractivity contribution is -0.141. The zero-order valence-corrected chi connectivity index (χ0v) is 11.0. The second-order valence-corrected chi connectivity index (χ2v) is 5.01. The van der Waals surface area contributed by atoms with Crippen molar-refractivity contribution in [3.05, 3.63) is 0 Å². The Hall–Kier alpha value is -1.79. The molecule has 102 valence electrons. The second-order valence-electron chi connectivity index (χ2n) is 5.01. The van der Waals surface area contributed by atoms with E-state index in [1.54, 1.807) is 25.8 Å². The van der Waals surface area contributed by atoms with E-state index in [4.69, 9.17) is 10.9 Å². The molecular weight excluding hydrogens is 236 g/mol. The van der Waals surface area contributed by atoms with Crippen LogP contribution >= 0.6 is 0 Å². The topological polar surface area (TPSA) is 99.2 Å². The van der Waals surface area contributed by atoms with Crippen LogP contribution in [0.25, 0.3) is 0 Å². The summed E-state index contributed by atoms with van der Waals surface area (Å²) in [6, 6.07) is 0. The van der Waals surface area contributed by atoms with Gasteiger partial charge in [0.05, 0.1) is 6.54 Å². The summed E-state index contributed by atoms with van der Waals surface area (Å²) in [6.07, 6.45) is 0.722. The van der Waals surface area contributed by atoms with Crippen molar-refractivity contribution < 1.29 is 14.8 Å². The lowest BCUT2D eigenvalue weighted by Crippen LogP contribution is -2.49. The second kappa shape index (κ2) is 5.24. The molecule has 1 heterocycles. The first kappa shape index (κ1) is 14.3. The summed E-state index contributed by atoms with van der Waals surface area (Å²) in [5.74, 6) is -0.560. The predicted molar refractivity (Wildman–Crippen MR) is 66.0 cm³/mol. The minimum Gasteiger partial charge on any atom is -0.409 e. The van der Waals surface area contributed by atoms with Crippen molar-refractivity contribution >= 4 is 17.6 Å². The highest BCUT2D eigenvalue weighted by Crippen LogP contribution is 2.20. The van der Waals surface area contributed by atoms with Crippen molar-refractivity contribution in [1.82, 2.24) is 9.80 Å². The number of nitrogens with zero attached hydrogens (tertiary/aromatic N) is 3. The number of carbonyl (C=O) groups excluding carboxylic acids is 2. The number of hydrogen-bond donors (Lipinski definition) is 2.